The van der Waals surface area contributed by atoms with Gasteiger partial charge in [-0.25, -0.2) is 4.79 Å². The number of H-pyrrole nitrogens is 1. The number of hydrogen-bond acceptors (Lipinski definition) is 1. The highest BCUT2D eigenvalue weighted by atomic mass is 35.5. The molecule has 3 rings (SSSR count). The summed E-state index contributed by atoms with van der Waals surface area (Å²) in [5, 5.41) is 0.621. The van der Waals surface area contributed by atoms with Gasteiger partial charge in [0.2, 0.25) is 0 Å². The maximum atomic E-state index is 11.9. The summed E-state index contributed by atoms with van der Waals surface area (Å²) in [5.41, 5.74) is 2.61. The summed E-state index contributed by atoms with van der Waals surface area (Å²) in [6.45, 7) is 0.557. The predicted octanol–water partition coefficient (Wildman–Crippen LogP) is 3.03. The number of aromatic amines is 1. The van der Waals surface area contributed by atoms with Gasteiger partial charge in [-0.3, -0.25) is 4.57 Å². The lowest BCUT2D eigenvalue weighted by Gasteiger charge is -2.03. The Morgan fingerprint density at radius 1 is 1.11 bits per heavy atom. The number of halogens is 1. The molecule has 0 radical (unpaired) electrons. The molecule has 0 saturated carbocycles. The molecule has 0 aliphatic heterocycles. The van der Waals surface area contributed by atoms with Gasteiger partial charge in [0.1, 0.15) is 0 Å². The van der Waals surface area contributed by atoms with E-state index >= 15 is 0 Å². The van der Waals surface area contributed by atoms with Crippen molar-refractivity contribution in [2.24, 2.45) is 0 Å². The lowest BCUT2D eigenvalue weighted by Crippen LogP contribution is -2.17. The molecule has 0 saturated heterocycles. The van der Waals surface area contributed by atoms with Gasteiger partial charge in [0.25, 0.3) is 0 Å². The Kier molecular flexibility index (Phi) is 2.68. The normalized spacial score (nSPS) is 10.9. The van der Waals surface area contributed by atoms with Gasteiger partial charge in [0.15, 0.2) is 0 Å². The van der Waals surface area contributed by atoms with E-state index < -0.39 is 0 Å². The van der Waals surface area contributed by atoms with Gasteiger partial charge in [-0.2, -0.15) is 0 Å². The van der Waals surface area contributed by atoms with E-state index in [1.807, 2.05) is 36.4 Å². The van der Waals surface area contributed by atoms with Crippen molar-refractivity contribution in [1.82, 2.24) is 9.55 Å². The van der Waals surface area contributed by atoms with Crippen LogP contribution in [0.5, 0.6) is 0 Å². The molecule has 1 heterocycles. The highest BCUT2D eigenvalue weighted by Crippen LogP contribution is 2.17. The van der Waals surface area contributed by atoms with E-state index in [-0.39, 0.29) is 5.69 Å². The number of nitrogens with zero attached hydrogens (tertiary/aromatic N) is 1. The number of benzene rings is 2. The fourth-order valence-corrected chi connectivity index (χ4v) is 2.23. The van der Waals surface area contributed by atoms with Gasteiger partial charge >= 0.3 is 5.69 Å². The third-order valence-electron chi connectivity index (χ3n) is 2.92. The van der Waals surface area contributed by atoms with Gasteiger partial charge in [0.05, 0.1) is 17.6 Å². The number of imidazole rings is 1. The molecule has 0 atom stereocenters. The van der Waals surface area contributed by atoms with Crippen LogP contribution >= 0.6 is 11.6 Å². The quantitative estimate of drug-likeness (QED) is 0.754. The van der Waals surface area contributed by atoms with Gasteiger partial charge in [-0.1, -0.05) is 41.9 Å². The summed E-state index contributed by atoms with van der Waals surface area (Å²) in [4.78, 5) is 14.7. The maximum Gasteiger partial charge on any atom is 0.326 e. The second kappa shape index (κ2) is 4.35. The van der Waals surface area contributed by atoms with Crippen molar-refractivity contribution in [2.75, 3.05) is 0 Å². The van der Waals surface area contributed by atoms with Crippen LogP contribution in [0.4, 0.5) is 0 Å². The average Bonchev–Trinajstić information content (AvgIpc) is 2.66. The minimum Gasteiger partial charge on any atom is -0.305 e. The zero-order valence-corrected chi connectivity index (χ0v) is 10.3. The molecule has 2 aromatic carbocycles. The minimum absolute atomic E-state index is 0.115. The fourth-order valence-electron chi connectivity index (χ4n) is 2.06. The molecule has 0 aliphatic carbocycles. The van der Waals surface area contributed by atoms with Crippen LogP contribution in [0.2, 0.25) is 5.02 Å². The van der Waals surface area contributed by atoms with E-state index in [1.165, 1.54) is 0 Å². The molecule has 18 heavy (non-hydrogen) atoms. The molecular weight excluding hydrogens is 248 g/mol. The zero-order valence-electron chi connectivity index (χ0n) is 9.56. The SMILES string of the molecule is O=c1[nH]c2cc(Cl)ccc2n1Cc1ccccc1. The first-order valence-corrected chi connectivity index (χ1v) is 6.04. The van der Waals surface area contributed by atoms with Crippen LogP contribution < -0.4 is 5.69 Å². The van der Waals surface area contributed by atoms with Crippen LogP contribution in [0.1, 0.15) is 5.56 Å². The summed E-state index contributed by atoms with van der Waals surface area (Å²) >= 11 is 5.91. The summed E-state index contributed by atoms with van der Waals surface area (Å²) < 4.78 is 1.71. The molecule has 4 heteroatoms. The van der Waals surface area contributed by atoms with Gasteiger partial charge in [-0.15, -0.1) is 0 Å². The highest BCUT2D eigenvalue weighted by molar-refractivity contribution is 6.31. The molecule has 3 nitrogen and oxygen atoms in total. The predicted molar refractivity (Wildman–Crippen MR) is 73.1 cm³/mol. The van der Waals surface area contributed by atoms with E-state index in [2.05, 4.69) is 4.98 Å². The number of hydrogen-bond donors (Lipinski definition) is 1. The third-order valence-corrected chi connectivity index (χ3v) is 3.15. The van der Waals surface area contributed by atoms with Crippen molar-refractivity contribution in [3.8, 4) is 0 Å². The Bertz CT molecular complexity index is 743. The highest BCUT2D eigenvalue weighted by Gasteiger charge is 2.07. The lowest BCUT2D eigenvalue weighted by molar-refractivity contribution is 0.787. The van der Waals surface area contributed by atoms with Crippen molar-refractivity contribution in [3.05, 3.63) is 69.6 Å². The van der Waals surface area contributed by atoms with Crippen molar-refractivity contribution in [2.45, 2.75) is 6.54 Å². The van der Waals surface area contributed by atoms with Crippen LogP contribution in [0, 0.1) is 0 Å². The molecule has 0 aliphatic rings. The van der Waals surface area contributed by atoms with Crippen LogP contribution in [-0.4, -0.2) is 9.55 Å². The fraction of sp³-hybridized carbons (Fsp3) is 0.0714. The first-order chi connectivity index (χ1) is 8.74. The molecular formula is C14H11ClN2O. The van der Waals surface area contributed by atoms with Crippen molar-refractivity contribution in [1.29, 1.82) is 0 Å². The van der Waals surface area contributed by atoms with Crippen molar-refractivity contribution >= 4 is 22.6 Å². The molecule has 90 valence electrons. The molecule has 1 N–H and O–H groups in total. The van der Waals surface area contributed by atoms with Gasteiger partial charge in [0, 0.05) is 5.02 Å². The largest absolute Gasteiger partial charge is 0.326 e. The summed E-state index contributed by atoms with van der Waals surface area (Å²) in [5.74, 6) is 0. The topological polar surface area (TPSA) is 37.8 Å². The zero-order chi connectivity index (χ0) is 12.5. The molecule has 0 fully saturated rings. The number of nitrogens with one attached hydrogen (secondary N) is 1. The number of aromatic nitrogens is 2. The Hall–Kier alpha value is -2.00. The Morgan fingerprint density at radius 3 is 2.67 bits per heavy atom. The number of fused-ring (bicyclic) bond motifs is 1. The molecule has 1 aromatic heterocycles. The van der Waals surface area contributed by atoms with Gasteiger partial charge < -0.3 is 4.98 Å². The molecule has 0 bridgehead atoms. The van der Waals surface area contributed by atoms with Crippen LogP contribution in [0.15, 0.2) is 53.3 Å². The van der Waals surface area contributed by atoms with E-state index in [4.69, 9.17) is 11.6 Å². The second-order valence-corrected chi connectivity index (χ2v) is 4.60. The smallest absolute Gasteiger partial charge is 0.305 e. The van der Waals surface area contributed by atoms with Crippen LogP contribution in [-0.2, 0) is 6.54 Å². The molecule has 0 unspecified atom stereocenters. The van der Waals surface area contributed by atoms with E-state index in [0.29, 0.717) is 11.6 Å². The maximum absolute atomic E-state index is 11.9. The molecule has 0 amide bonds. The van der Waals surface area contributed by atoms with E-state index in [9.17, 15) is 4.79 Å². The average molecular weight is 259 g/mol. The third kappa shape index (κ3) is 1.93. The van der Waals surface area contributed by atoms with Crippen molar-refractivity contribution < 1.29 is 0 Å². The monoisotopic (exact) mass is 258 g/mol. The summed E-state index contributed by atoms with van der Waals surface area (Å²) in [6, 6.07) is 15.3. The minimum atomic E-state index is -0.115. The first-order valence-electron chi connectivity index (χ1n) is 5.66. The van der Waals surface area contributed by atoms with Crippen LogP contribution in [0.25, 0.3) is 11.0 Å². The van der Waals surface area contributed by atoms with Gasteiger partial charge in [-0.05, 0) is 23.8 Å². The standard InChI is InChI=1S/C14H11ClN2O/c15-11-6-7-13-12(8-11)16-14(18)17(13)9-10-4-2-1-3-5-10/h1-8H,9H2,(H,16,18). The summed E-state index contributed by atoms with van der Waals surface area (Å²) in [6.07, 6.45) is 0. The molecule has 3 aromatic rings. The Labute approximate surface area is 109 Å². The number of rotatable bonds is 2. The van der Waals surface area contributed by atoms with E-state index in [0.717, 1.165) is 16.6 Å². The second-order valence-electron chi connectivity index (χ2n) is 4.16. The first kappa shape index (κ1) is 11.1. The van der Waals surface area contributed by atoms with Crippen LogP contribution in [0.3, 0.4) is 0 Å². The van der Waals surface area contributed by atoms with Crippen molar-refractivity contribution in [3.63, 3.8) is 0 Å². The van der Waals surface area contributed by atoms with E-state index in [1.54, 1.807) is 16.7 Å². The summed E-state index contributed by atoms with van der Waals surface area (Å²) in [7, 11) is 0. The Balaban J connectivity index is 2.12. The lowest BCUT2D eigenvalue weighted by atomic mass is 10.2. The molecule has 0 spiro atoms. The Morgan fingerprint density at radius 2 is 1.89 bits per heavy atom.